The second-order valence-electron chi connectivity index (χ2n) is 3.96. The molecule has 2 aromatic rings. The Hall–Kier alpha value is -2.01. The molecule has 0 aliphatic carbocycles. The van der Waals surface area contributed by atoms with Crippen molar-refractivity contribution in [3.63, 3.8) is 0 Å². The molecule has 0 saturated carbocycles. The number of ether oxygens (including phenoxy) is 1. The van der Waals surface area contributed by atoms with Crippen LogP contribution in [0.2, 0.25) is 0 Å². The first-order valence-corrected chi connectivity index (χ1v) is 6.57. The fourth-order valence-corrected chi connectivity index (χ4v) is 1.90. The molecule has 0 aliphatic rings. The molecule has 20 heavy (non-hydrogen) atoms. The molecule has 0 aliphatic heterocycles. The summed E-state index contributed by atoms with van der Waals surface area (Å²) in [5.74, 6) is -0.458. The highest BCUT2D eigenvalue weighted by Gasteiger charge is 2.08. The van der Waals surface area contributed by atoms with Gasteiger partial charge in [0.05, 0.1) is 12.7 Å². The number of hydrogen-bond acceptors (Lipinski definition) is 3. The molecule has 5 heteroatoms. The number of aromatic nitrogens is 1. The number of nitrogens with zero attached hydrogens (tertiary/aromatic N) is 1. The molecule has 1 aromatic carbocycles. The number of ketones is 1. The number of carbonyl (C=O) groups excluding carboxylic acids is 1. The number of benzene rings is 1. The van der Waals surface area contributed by atoms with Crippen molar-refractivity contribution in [3.05, 3.63) is 64.0 Å². The summed E-state index contributed by atoms with van der Waals surface area (Å²) in [6, 6.07) is 7.77. The maximum Gasteiger partial charge on any atom is 0.212 e. The zero-order valence-electron chi connectivity index (χ0n) is 10.6. The van der Waals surface area contributed by atoms with Gasteiger partial charge in [-0.3, -0.25) is 4.79 Å². The molecule has 0 unspecified atom stereocenters. The molecule has 2 rings (SSSR count). The maximum absolute atomic E-state index is 13.6. The Kier molecular flexibility index (Phi) is 4.63. The molecular weight excluding hydrogens is 325 g/mol. The van der Waals surface area contributed by atoms with Gasteiger partial charge in [-0.05, 0) is 42.0 Å². The van der Waals surface area contributed by atoms with Crippen LogP contribution in [0, 0.1) is 5.82 Å². The van der Waals surface area contributed by atoms with Crippen LogP contribution >= 0.6 is 15.9 Å². The first kappa shape index (κ1) is 14.4. The van der Waals surface area contributed by atoms with Crippen LogP contribution in [0.1, 0.15) is 15.9 Å². The second kappa shape index (κ2) is 6.43. The SMILES string of the molecule is COc1ccc(/C=C/C(=O)c2ccc(Br)cc2F)cn1. The molecule has 0 fully saturated rings. The van der Waals surface area contributed by atoms with Crippen molar-refractivity contribution in [1.82, 2.24) is 4.98 Å². The van der Waals surface area contributed by atoms with Crippen LogP contribution in [-0.2, 0) is 0 Å². The van der Waals surface area contributed by atoms with Crippen LogP contribution in [0.15, 0.2) is 47.1 Å². The summed E-state index contributed by atoms with van der Waals surface area (Å²) in [6.45, 7) is 0. The zero-order valence-corrected chi connectivity index (χ0v) is 12.2. The number of methoxy groups -OCH3 is 1. The van der Waals surface area contributed by atoms with Crippen molar-refractivity contribution in [1.29, 1.82) is 0 Å². The van der Waals surface area contributed by atoms with Gasteiger partial charge >= 0.3 is 0 Å². The Bertz CT molecular complexity index is 653. The third kappa shape index (κ3) is 3.51. The topological polar surface area (TPSA) is 39.2 Å². The first-order valence-electron chi connectivity index (χ1n) is 5.77. The molecular formula is C15H11BrFNO2. The number of hydrogen-bond donors (Lipinski definition) is 0. The van der Waals surface area contributed by atoms with E-state index in [1.807, 2.05) is 0 Å². The van der Waals surface area contributed by atoms with E-state index in [4.69, 9.17) is 4.74 Å². The predicted octanol–water partition coefficient (Wildman–Crippen LogP) is 3.89. The molecule has 0 amide bonds. The van der Waals surface area contributed by atoms with E-state index in [2.05, 4.69) is 20.9 Å². The highest BCUT2D eigenvalue weighted by molar-refractivity contribution is 9.10. The maximum atomic E-state index is 13.6. The van der Waals surface area contributed by atoms with Gasteiger partial charge in [-0.15, -0.1) is 0 Å². The summed E-state index contributed by atoms with van der Waals surface area (Å²) < 4.78 is 19.1. The average Bonchev–Trinajstić information content (AvgIpc) is 2.45. The molecule has 102 valence electrons. The molecule has 0 saturated heterocycles. The first-order chi connectivity index (χ1) is 9.60. The van der Waals surface area contributed by atoms with Gasteiger partial charge in [0.2, 0.25) is 5.88 Å². The summed E-state index contributed by atoms with van der Waals surface area (Å²) in [6.07, 6.45) is 4.46. The smallest absolute Gasteiger partial charge is 0.212 e. The quantitative estimate of drug-likeness (QED) is 0.628. The lowest BCUT2D eigenvalue weighted by molar-refractivity contribution is 0.104. The van der Waals surface area contributed by atoms with Crippen LogP contribution in [0.4, 0.5) is 4.39 Å². The van der Waals surface area contributed by atoms with Gasteiger partial charge in [-0.25, -0.2) is 9.37 Å². The summed E-state index contributed by atoms with van der Waals surface area (Å²) in [5.41, 5.74) is 0.766. The normalized spacial score (nSPS) is 10.8. The molecule has 3 nitrogen and oxygen atoms in total. The molecule has 0 spiro atoms. The van der Waals surface area contributed by atoms with E-state index in [-0.39, 0.29) is 5.56 Å². The van der Waals surface area contributed by atoms with Gasteiger partial charge in [-0.1, -0.05) is 15.9 Å². The average molecular weight is 336 g/mol. The molecule has 1 heterocycles. The van der Waals surface area contributed by atoms with Crippen LogP contribution < -0.4 is 4.74 Å². The van der Waals surface area contributed by atoms with Gasteiger partial charge in [0, 0.05) is 16.7 Å². The van der Waals surface area contributed by atoms with E-state index in [1.54, 1.807) is 30.5 Å². The minimum atomic E-state index is -0.554. The van der Waals surface area contributed by atoms with Crippen molar-refractivity contribution in [2.75, 3.05) is 7.11 Å². The van der Waals surface area contributed by atoms with E-state index in [1.165, 1.54) is 25.3 Å². The second-order valence-corrected chi connectivity index (χ2v) is 4.87. The third-order valence-electron chi connectivity index (χ3n) is 2.59. The Morgan fingerprint density at radius 2 is 2.15 bits per heavy atom. The zero-order chi connectivity index (χ0) is 14.5. The summed E-state index contributed by atoms with van der Waals surface area (Å²) in [7, 11) is 1.53. The summed E-state index contributed by atoms with van der Waals surface area (Å²) in [4.78, 5) is 15.9. The van der Waals surface area contributed by atoms with Crippen molar-refractivity contribution in [2.45, 2.75) is 0 Å². The molecule has 0 radical (unpaired) electrons. The Morgan fingerprint density at radius 3 is 2.75 bits per heavy atom. The van der Waals surface area contributed by atoms with Crippen LogP contribution in [0.3, 0.4) is 0 Å². The van der Waals surface area contributed by atoms with Crippen LogP contribution in [0.25, 0.3) is 6.08 Å². The fraction of sp³-hybridized carbons (Fsp3) is 0.0667. The highest BCUT2D eigenvalue weighted by Crippen LogP contribution is 2.16. The van der Waals surface area contributed by atoms with Crippen LogP contribution in [-0.4, -0.2) is 17.9 Å². The summed E-state index contributed by atoms with van der Waals surface area (Å²) >= 11 is 3.15. The van der Waals surface area contributed by atoms with Gasteiger partial charge < -0.3 is 4.74 Å². The number of halogens is 2. The lowest BCUT2D eigenvalue weighted by Gasteiger charge is -2.00. The molecule has 0 atom stereocenters. The predicted molar refractivity (Wildman–Crippen MR) is 78.3 cm³/mol. The Balaban J connectivity index is 2.15. The Morgan fingerprint density at radius 1 is 1.35 bits per heavy atom. The van der Waals surface area contributed by atoms with Crippen LogP contribution in [0.5, 0.6) is 5.88 Å². The van der Waals surface area contributed by atoms with Gasteiger partial charge in [0.1, 0.15) is 5.82 Å². The van der Waals surface area contributed by atoms with Crippen molar-refractivity contribution in [3.8, 4) is 5.88 Å². The summed E-state index contributed by atoms with van der Waals surface area (Å²) in [5, 5.41) is 0. The number of allylic oxidation sites excluding steroid dienone is 1. The highest BCUT2D eigenvalue weighted by atomic mass is 79.9. The monoisotopic (exact) mass is 335 g/mol. The number of pyridine rings is 1. The van der Waals surface area contributed by atoms with E-state index >= 15 is 0 Å². The third-order valence-corrected chi connectivity index (χ3v) is 3.09. The van der Waals surface area contributed by atoms with Crippen molar-refractivity contribution < 1.29 is 13.9 Å². The van der Waals surface area contributed by atoms with Gasteiger partial charge in [-0.2, -0.15) is 0 Å². The molecule has 1 aromatic heterocycles. The molecule has 0 bridgehead atoms. The van der Waals surface area contributed by atoms with Crippen molar-refractivity contribution in [2.24, 2.45) is 0 Å². The Labute approximate surface area is 124 Å². The number of carbonyl (C=O) groups is 1. The lowest BCUT2D eigenvalue weighted by atomic mass is 10.1. The number of rotatable bonds is 4. The minimum Gasteiger partial charge on any atom is -0.481 e. The van der Waals surface area contributed by atoms with E-state index in [0.29, 0.717) is 10.4 Å². The van der Waals surface area contributed by atoms with Gasteiger partial charge in [0.15, 0.2) is 5.78 Å². The van der Waals surface area contributed by atoms with E-state index < -0.39 is 11.6 Å². The standard InChI is InChI=1S/C15H11BrFNO2/c1-20-15-7-3-10(9-18-15)2-6-14(19)12-5-4-11(16)8-13(12)17/h2-9H,1H3/b6-2+. The van der Waals surface area contributed by atoms with E-state index in [0.717, 1.165) is 5.56 Å². The van der Waals surface area contributed by atoms with E-state index in [9.17, 15) is 9.18 Å². The largest absolute Gasteiger partial charge is 0.481 e. The molecule has 0 N–H and O–H groups in total. The van der Waals surface area contributed by atoms with Crippen molar-refractivity contribution >= 4 is 27.8 Å². The van der Waals surface area contributed by atoms with Gasteiger partial charge in [0.25, 0.3) is 0 Å². The fourth-order valence-electron chi connectivity index (χ4n) is 1.56. The lowest BCUT2D eigenvalue weighted by Crippen LogP contribution is -1.98. The minimum absolute atomic E-state index is 0.0333.